The minimum atomic E-state index is -0.132. The fraction of sp³-hybridized carbons (Fsp3) is 0.500. The third-order valence-corrected chi connectivity index (χ3v) is 3.47. The van der Waals surface area contributed by atoms with Gasteiger partial charge in [0, 0.05) is 25.2 Å². The predicted molar refractivity (Wildman–Crippen MR) is 71.1 cm³/mol. The topological polar surface area (TPSA) is 55.6 Å². The Labute approximate surface area is 108 Å². The molecule has 1 heterocycles. The number of rotatable bonds is 4. The molecule has 0 saturated carbocycles. The standard InChI is InChI=1S/C14H20N2O2/c1-18-14(17)6-3-8-16-9-7-11-4-2-5-13(15)12(11)10-16/h2,4-5H,3,6-10,15H2,1H3. The molecule has 0 unspecified atom stereocenters. The molecule has 2 N–H and O–H groups in total. The lowest BCUT2D eigenvalue weighted by molar-refractivity contribution is -0.140. The molecule has 0 spiro atoms. The summed E-state index contributed by atoms with van der Waals surface area (Å²) in [6.45, 7) is 2.85. The molecule has 18 heavy (non-hydrogen) atoms. The molecule has 4 heteroatoms. The van der Waals surface area contributed by atoms with E-state index in [0.717, 1.165) is 38.2 Å². The first kappa shape index (κ1) is 12.9. The molecule has 0 aliphatic carbocycles. The minimum absolute atomic E-state index is 0.132. The van der Waals surface area contributed by atoms with Crippen LogP contribution < -0.4 is 5.73 Å². The van der Waals surface area contributed by atoms with Crippen molar-refractivity contribution in [3.8, 4) is 0 Å². The molecule has 1 aliphatic heterocycles. The Hall–Kier alpha value is -1.55. The number of hydrogen-bond acceptors (Lipinski definition) is 4. The summed E-state index contributed by atoms with van der Waals surface area (Å²) in [5.74, 6) is -0.132. The fourth-order valence-corrected chi connectivity index (χ4v) is 2.40. The van der Waals surface area contributed by atoms with Crippen molar-refractivity contribution in [2.75, 3.05) is 25.9 Å². The van der Waals surface area contributed by atoms with Crippen LogP contribution in [0, 0.1) is 0 Å². The highest BCUT2D eigenvalue weighted by atomic mass is 16.5. The van der Waals surface area contributed by atoms with E-state index in [-0.39, 0.29) is 5.97 Å². The molecule has 1 aromatic carbocycles. The van der Waals surface area contributed by atoms with Crippen molar-refractivity contribution in [1.82, 2.24) is 4.90 Å². The number of nitrogens with zero attached hydrogens (tertiary/aromatic N) is 1. The van der Waals surface area contributed by atoms with Crippen LogP contribution in [0.4, 0.5) is 5.69 Å². The first-order valence-corrected chi connectivity index (χ1v) is 6.36. The molecular weight excluding hydrogens is 228 g/mol. The van der Waals surface area contributed by atoms with E-state index in [9.17, 15) is 4.79 Å². The first-order valence-electron chi connectivity index (χ1n) is 6.36. The highest BCUT2D eigenvalue weighted by Crippen LogP contribution is 2.24. The highest BCUT2D eigenvalue weighted by molar-refractivity contribution is 5.69. The van der Waals surface area contributed by atoms with Crippen molar-refractivity contribution in [1.29, 1.82) is 0 Å². The average Bonchev–Trinajstić information content (AvgIpc) is 2.39. The van der Waals surface area contributed by atoms with Crippen LogP contribution >= 0.6 is 0 Å². The maximum absolute atomic E-state index is 11.0. The van der Waals surface area contributed by atoms with Crippen molar-refractivity contribution in [3.63, 3.8) is 0 Å². The van der Waals surface area contributed by atoms with Gasteiger partial charge in [0.15, 0.2) is 0 Å². The normalized spacial score (nSPS) is 15.2. The minimum Gasteiger partial charge on any atom is -0.469 e. The molecule has 1 aliphatic rings. The summed E-state index contributed by atoms with van der Waals surface area (Å²) in [6.07, 6.45) is 2.37. The van der Waals surface area contributed by atoms with Gasteiger partial charge in [0.2, 0.25) is 0 Å². The second-order valence-corrected chi connectivity index (χ2v) is 4.69. The number of fused-ring (bicyclic) bond motifs is 1. The number of carbonyl (C=O) groups excluding carboxylic acids is 1. The van der Waals surface area contributed by atoms with Gasteiger partial charge < -0.3 is 10.5 Å². The van der Waals surface area contributed by atoms with Gasteiger partial charge in [-0.15, -0.1) is 0 Å². The molecule has 0 amide bonds. The Morgan fingerprint density at radius 2 is 2.33 bits per heavy atom. The van der Waals surface area contributed by atoms with Crippen LogP contribution in [0.3, 0.4) is 0 Å². The van der Waals surface area contributed by atoms with Crippen molar-refractivity contribution in [2.45, 2.75) is 25.8 Å². The van der Waals surface area contributed by atoms with Crippen molar-refractivity contribution < 1.29 is 9.53 Å². The van der Waals surface area contributed by atoms with Crippen LogP contribution in [0.5, 0.6) is 0 Å². The van der Waals surface area contributed by atoms with Gasteiger partial charge in [0.1, 0.15) is 0 Å². The number of hydrogen-bond donors (Lipinski definition) is 1. The van der Waals surface area contributed by atoms with Crippen LogP contribution in [0.25, 0.3) is 0 Å². The number of carbonyl (C=O) groups is 1. The third kappa shape index (κ3) is 3.01. The Morgan fingerprint density at radius 3 is 3.11 bits per heavy atom. The summed E-state index contributed by atoms with van der Waals surface area (Å²) in [5, 5.41) is 0. The number of nitrogen functional groups attached to an aromatic ring is 1. The molecule has 4 nitrogen and oxygen atoms in total. The van der Waals surface area contributed by atoms with Crippen molar-refractivity contribution >= 4 is 11.7 Å². The molecule has 1 aromatic rings. The summed E-state index contributed by atoms with van der Waals surface area (Å²) in [7, 11) is 1.43. The molecule has 0 atom stereocenters. The number of nitrogens with two attached hydrogens (primary N) is 1. The Kier molecular flexibility index (Phi) is 4.20. The zero-order chi connectivity index (χ0) is 13.0. The molecule has 0 radical (unpaired) electrons. The van der Waals surface area contributed by atoms with Crippen LogP contribution in [-0.2, 0) is 22.5 Å². The summed E-state index contributed by atoms with van der Waals surface area (Å²) in [6, 6.07) is 6.12. The molecule has 2 rings (SSSR count). The lowest BCUT2D eigenvalue weighted by Crippen LogP contribution is -2.32. The van der Waals surface area contributed by atoms with Gasteiger partial charge in [-0.2, -0.15) is 0 Å². The summed E-state index contributed by atoms with van der Waals surface area (Å²) >= 11 is 0. The zero-order valence-electron chi connectivity index (χ0n) is 10.8. The Balaban J connectivity index is 1.88. The summed E-state index contributed by atoms with van der Waals surface area (Å²) in [5.41, 5.74) is 9.49. The molecule has 0 fully saturated rings. The van der Waals surface area contributed by atoms with Crippen molar-refractivity contribution in [2.24, 2.45) is 0 Å². The first-order chi connectivity index (χ1) is 8.70. The molecule has 0 aromatic heterocycles. The van der Waals surface area contributed by atoms with E-state index in [0.29, 0.717) is 6.42 Å². The third-order valence-electron chi connectivity index (χ3n) is 3.47. The van der Waals surface area contributed by atoms with Crippen molar-refractivity contribution in [3.05, 3.63) is 29.3 Å². The largest absolute Gasteiger partial charge is 0.469 e. The van der Waals surface area contributed by atoms with Gasteiger partial charge in [-0.1, -0.05) is 12.1 Å². The molecule has 0 bridgehead atoms. The van der Waals surface area contributed by atoms with E-state index in [4.69, 9.17) is 5.73 Å². The van der Waals surface area contributed by atoms with Gasteiger partial charge in [-0.3, -0.25) is 9.69 Å². The maximum Gasteiger partial charge on any atom is 0.305 e. The number of ether oxygens (including phenoxy) is 1. The van der Waals surface area contributed by atoms with E-state index >= 15 is 0 Å². The second kappa shape index (κ2) is 5.87. The monoisotopic (exact) mass is 248 g/mol. The predicted octanol–water partition coefficient (Wildman–Crippen LogP) is 1.58. The number of anilines is 1. The van der Waals surface area contributed by atoms with Crippen LogP contribution in [0.1, 0.15) is 24.0 Å². The van der Waals surface area contributed by atoms with Gasteiger partial charge in [0.25, 0.3) is 0 Å². The SMILES string of the molecule is COC(=O)CCCN1CCc2cccc(N)c2C1. The van der Waals surface area contributed by atoms with E-state index in [1.165, 1.54) is 18.2 Å². The number of methoxy groups -OCH3 is 1. The zero-order valence-corrected chi connectivity index (χ0v) is 10.8. The van der Waals surface area contributed by atoms with E-state index in [1.807, 2.05) is 12.1 Å². The Bertz CT molecular complexity index is 432. The highest BCUT2D eigenvalue weighted by Gasteiger charge is 2.17. The lowest BCUT2D eigenvalue weighted by Gasteiger charge is -2.29. The van der Waals surface area contributed by atoms with Crippen LogP contribution in [0.2, 0.25) is 0 Å². The lowest BCUT2D eigenvalue weighted by atomic mass is 9.98. The van der Waals surface area contributed by atoms with E-state index in [2.05, 4.69) is 15.7 Å². The Morgan fingerprint density at radius 1 is 1.50 bits per heavy atom. The van der Waals surface area contributed by atoms with Gasteiger partial charge >= 0.3 is 5.97 Å². The second-order valence-electron chi connectivity index (χ2n) is 4.69. The van der Waals surface area contributed by atoms with E-state index < -0.39 is 0 Å². The molecular formula is C14H20N2O2. The van der Waals surface area contributed by atoms with Crippen LogP contribution in [0.15, 0.2) is 18.2 Å². The molecule has 0 saturated heterocycles. The molecule has 98 valence electrons. The fourth-order valence-electron chi connectivity index (χ4n) is 2.40. The number of benzene rings is 1. The van der Waals surface area contributed by atoms with Gasteiger partial charge in [-0.05, 0) is 36.6 Å². The van der Waals surface area contributed by atoms with Crippen LogP contribution in [-0.4, -0.2) is 31.1 Å². The van der Waals surface area contributed by atoms with E-state index in [1.54, 1.807) is 0 Å². The van der Waals surface area contributed by atoms with Gasteiger partial charge in [-0.25, -0.2) is 0 Å². The summed E-state index contributed by atoms with van der Waals surface area (Å²) in [4.78, 5) is 13.4. The van der Waals surface area contributed by atoms with Gasteiger partial charge in [0.05, 0.1) is 7.11 Å². The summed E-state index contributed by atoms with van der Waals surface area (Å²) < 4.78 is 4.64. The average molecular weight is 248 g/mol. The quantitative estimate of drug-likeness (QED) is 0.649. The smallest absolute Gasteiger partial charge is 0.305 e. The number of esters is 1. The maximum atomic E-state index is 11.0.